The molecule has 106 valence electrons. The van der Waals surface area contributed by atoms with Crippen LogP contribution in [-0.2, 0) is 6.42 Å². The minimum atomic E-state index is -0.530. The summed E-state index contributed by atoms with van der Waals surface area (Å²) in [5, 5.41) is 10.3. The van der Waals surface area contributed by atoms with Crippen LogP contribution in [0.25, 0.3) is 0 Å². The van der Waals surface area contributed by atoms with Gasteiger partial charge < -0.3 is 14.6 Å². The van der Waals surface area contributed by atoms with Crippen LogP contribution in [0.1, 0.15) is 24.2 Å². The summed E-state index contributed by atoms with van der Waals surface area (Å²) in [5.74, 6) is 1.63. The molecule has 0 heterocycles. The maximum Gasteiger partial charge on any atom is 0.119 e. The van der Waals surface area contributed by atoms with E-state index in [0.717, 1.165) is 22.6 Å². The van der Waals surface area contributed by atoms with E-state index in [0.29, 0.717) is 13.0 Å². The molecular weight excluding hydrogens is 252 g/mol. The second kappa shape index (κ2) is 6.96. The molecule has 0 fully saturated rings. The van der Waals surface area contributed by atoms with Crippen LogP contribution in [0.3, 0.4) is 0 Å². The van der Waals surface area contributed by atoms with Crippen molar-refractivity contribution in [1.29, 1.82) is 0 Å². The second-order valence-electron chi connectivity index (χ2n) is 4.57. The zero-order valence-corrected chi connectivity index (χ0v) is 11.9. The van der Waals surface area contributed by atoms with E-state index in [1.165, 1.54) is 0 Å². The van der Waals surface area contributed by atoms with Crippen molar-refractivity contribution in [1.82, 2.24) is 0 Å². The topological polar surface area (TPSA) is 38.7 Å². The van der Waals surface area contributed by atoms with Crippen molar-refractivity contribution < 1.29 is 14.6 Å². The lowest BCUT2D eigenvalue weighted by Gasteiger charge is -2.12. The van der Waals surface area contributed by atoms with Gasteiger partial charge in [0.2, 0.25) is 0 Å². The van der Waals surface area contributed by atoms with Crippen molar-refractivity contribution in [3.05, 3.63) is 59.7 Å². The maximum atomic E-state index is 10.3. The Kier molecular flexibility index (Phi) is 5.02. The van der Waals surface area contributed by atoms with Crippen molar-refractivity contribution in [2.75, 3.05) is 13.7 Å². The van der Waals surface area contributed by atoms with Gasteiger partial charge in [-0.25, -0.2) is 0 Å². The number of aliphatic hydroxyl groups is 1. The summed E-state index contributed by atoms with van der Waals surface area (Å²) >= 11 is 0. The van der Waals surface area contributed by atoms with Crippen LogP contribution in [0, 0.1) is 0 Å². The summed E-state index contributed by atoms with van der Waals surface area (Å²) in [6, 6.07) is 15.3. The summed E-state index contributed by atoms with van der Waals surface area (Å²) in [6.07, 6.45) is 0.0309. The zero-order chi connectivity index (χ0) is 14.4. The SMILES string of the molecule is CCOc1ccc(C(O)Cc2cccc(OC)c2)cc1. The van der Waals surface area contributed by atoms with E-state index in [2.05, 4.69) is 0 Å². The van der Waals surface area contributed by atoms with Gasteiger partial charge in [-0.05, 0) is 42.3 Å². The van der Waals surface area contributed by atoms with E-state index in [-0.39, 0.29) is 0 Å². The average molecular weight is 272 g/mol. The van der Waals surface area contributed by atoms with Crippen LogP contribution in [0.4, 0.5) is 0 Å². The fourth-order valence-electron chi connectivity index (χ4n) is 2.09. The molecule has 0 amide bonds. The number of hydrogen-bond donors (Lipinski definition) is 1. The summed E-state index contributed by atoms with van der Waals surface area (Å²) in [6.45, 7) is 2.59. The third kappa shape index (κ3) is 3.75. The maximum absolute atomic E-state index is 10.3. The number of ether oxygens (including phenoxy) is 2. The van der Waals surface area contributed by atoms with Crippen LogP contribution in [0.2, 0.25) is 0 Å². The Balaban J connectivity index is 2.05. The van der Waals surface area contributed by atoms with Crippen LogP contribution in [0.15, 0.2) is 48.5 Å². The Morgan fingerprint density at radius 3 is 2.45 bits per heavy atom. The van der Waals surface area contributed by atoms with Crippen molar-refractivity contribution in [3.8, 4) is 11.5 Å². The highest BCUT2D eigenvalue weighted by Crippen LogP contribution is 2.23. The van der Waals surface area contributed by atoms with Crippen molar-refractivity contribution in [3.63, 3.8) is 0 Å². The van der Waals surface area contributed by atoms with E-state index >= 15 is 0 Å². The molecule has 1 unspecified atom stereocenters. The van der Waals surface area contributed by atoms with Crippen molar-refractivity contribution in [2.45, 2.75) is 19.4 Å². The van der Waals surface area contributed by atoms with Gasteiger partial charge in [-0.2, -0.15) is 0 Å². The fourth-order valence-corrected chi connectivity index (χ4v) is 2.09. The molecule has 0 spiro atoms. The predicted molar refractivity (Wildman–Crippen MR) is 79.3 cm³/mol. The largest absolute Gasteiger partial charge is 0.497 e. The molecule has 3 heteroatoms. The Morgan fingerprint density at radius 1 is 1.05 bits per heavy atom. The summed E-state index contributed by atoms with van der Waals surface area (Å²) in [4.78, 5) is 0. The van der Waals surface area contributed by atoms with Crippen LogP contribution < -0.4 is 9.47 Å². The van der Waals surface area contributed by atoms with E-state index in [9.17, 15) is 5.11 Å². The minimum absolute atomic E-state index is 0.530. The standard InChI is InChI=1S/C17H20O3/c1-3-20-15-9-7-14(8-10-15)17(18)12-13-5-4-6-16(11-13)19-2/h4-11,17-18H,3,12H2,1-2H3. The molecule has 0 saturated carbocycles. The number of rotatable bonds is 6. The molecule has 0 aliphatic rings. The second-order valence-corrected chi connectivity index (χ2v) is 4.57. The summed E-state index contributed by atoms with van der Waals surface area (Å²) in [7, 11) is 1.64. The van der Waals surface area contributed by atoms with E-state index < -0.39 is 6.10 Å². The Morgan fingerprint density at radius 2 is 1.80 bits per heavy atom. The van der Waals surface area contributed by atoms with Crippen LogP contribution in [-0.4, -0.2) is 18.8 Å². The zero-order valence-electron chi connectivity index (χ0n) is 11.9. The lowest BCUT2D eigenvalue weighted by atomic mass is 10.0. The monoisotopic (exact) mass is 272 g/mol. The summed E-state index contributed by atoms with van der Waals surface area (Å²) < 4.78 is 10.6. The number of benzene rings is 2. The van der Waals surface area contributed by atoms with Gasteiger partial charge in [0, 0.05) is 6.42 Å². The first-order valence-corrected chi connectivity index (χ1v) is 6.76. The van der Waals surface area contributed by atoms with Gasteiger partial charge in [-0.3, -0.25) is 0 Å². The molecule has 1 atom stereocenters. The quantitative estimate of drug-likeness (QED) is 0.876. The molecule has 0 aliphatic heterocycles. The molecule has 1 N–H and O–H groups in total. The number of methoxy groups -OCH3 is 1. The van der Waals surface area contributed by atoms with E-state index in [1.807, 2.05) is 55.5 Å². The molecule has 2 aromatic rings. The van der Waals surface area contributed by atoms with Gasteiger partial charge in [-0.15, -0.1) is 0 Å². The Bertz CT molecular complexity index is 534. The fraction of sp³-hybridized carbons (Fsp3) is 0.294. The van der Waals surface area contributed by atoms with Crippen LogP contribution >= 0.6 is 0 Å². The Hall–Kier alpha value is -2.00. The van der Waals surface area contributed by atoms with Crippen molar-refractivity contribution >= 4 is 0 Å². The van der Waals surface area contributed by atoms with Crippen LogP contribution in [0.5, 0.6) is 11.5 Å². The number of aliphatic hydroxyl groups excluding tert-OH is 1. The molecule has 0 saturated heterocycles. The lowest BCUT2D eigenvalue weighted by Crippen LogP contribution is -2.02. The minimum Gasteiger partial charge on any atom is -0.497 e. The molecule has 3 nitrogen and oxygen atoms in total. The molecule has 2 aromatic carbocycles. The van der Waals surface area contributed by atoms with Gasteiger partial charge >= 0.3 is 0 Å². The molecule has 0 radical (unpaired) electrons. The summed E-state index contributed by atoms with van der Waals surface area (Å²) in [5.41, 5.74) is 1.93. The van der Waals surface area contributed by atoms with Gasteiger partial charge in [0.1, 0.15) is 11.5 Å². The predicted octanol–water partition coefficient (Wildman–Crippen LogP) is 3.37. The normalized spacial score (nSPS) is 11.9. The smallest absolute Gasteiger partial charge is 0.119 e. The highest BCUT2D eigenvalue weighted by atomic mass is 16.5. The number of hydrogen-bond acceptors (Lipinski definition) is 3. The van der Waals surface area contributed by atoms with Crippen molar-refractivity contribution in [2.24, 2.45) is 0 Å². The average Bonchev–Trinajstić information content (AvgIpc) is 2.48. The highest BCUT2D eigenvalue weighted by molar-refractivity contribution is 5.32. The van der Waals surface area contributed by atoms with E-state index in [4.69, 9.17) is 9.47 Å². The highest BCUT2D eigenvalue weighted by Gasteiger charge is 2.09. The van der Waals surface area contributed by atoms with Gasteiger partial charge in [0.05, 0.1) is 19.8 Å². The first-order valence-electron chi connectivity index (χ1n) is 6.76. The van der Waals surface area contributed by atoms with Gasteiger partial charge in [-0.1, -0.05) is 24.3 Å². The first-order chi connectivity index (χ1) is 9.72. The molecular formula is C17H20O3. The first kappa shape index (κ1) is 14.4. The van der Waals surface area contributed by atoms with Gasteiger partial charge in [0.25, 0.3) is 0 Å². The Labute approximate surface area is 119 Å². The lowest BCUT2D eigenvalue weighted by molar-refractivity contribution is 0.178. The van der Waals surface area contributed by atoms with Gasteiger partial charge in [0.15, 0.2) is 0 Å². The molecule has 0 aromatic heterocycles. The molecule has 0 aliphatic carbocycles. The third-order valence-electron chi connectivity index (χ3n) is 3.14. The van der Waals surface area contributed by atoms with E-state index in [1.54, 1.807) is 7.11 Å². The molecule has 20 heavy (non-hydrogen) atoms. The third-order valence-corrected chi connectivity index (χ3v) is 3.14. The molecule has 0 bridgehead atoms. The molecule has 2 rings (SSSR count).